The number of hydrogen-bond donors (Lipinski definition) is 1. The maximum atomic E-state index is 11.4. The summed E-state index contributed by atoms with van der Waals surface area (Å²) in [5, 5.41) is 0.0770. The normalized spacial score (nSPS) is 19.6. The first kappa shape index (κ1) is 19.3. The first-order chi connectivity index (χ1) is 11.1. The fraction of sp³-hybridized carbons (Fsp3) is 0.500. The summed E-state index contributed by atoms with van der Waals surface area (Å²) in [4.78, 5) is 11.4. The highest BCUT2D eigenvalue weighted by atomic mass is 32.2. The molecule has 0 amide bonds. The molecule has 2 rings (SSSR count). The summed E-state index contributed by atoms with van der Waals surface area (Å²) in [6, 6.07) is 8.04. The van der Waals surface area contributed by atoms with Crippen LogP contribution in [0.1, 0.15) is 45.7 Å². The molecule has 0 spiro atoms. The van der Waals surface area contributed by atoms with Crippen molar-refractivity contribution in [2.75, 3.05) is 5.75 Å². The van der Waals surface area contributed by atoms with Gasteiger partial charge in [0.05, 0.1) is 11.2 Å². The molecular weight excluding hydrogens is 321 g/mol. The molecule has 0 unspecified atom stereocenters. The first-order valence-electron chi connectivity index (χ1n) is 8.13. The zero-order valence-corrected chi connectivity index (χ0v) is 15.9. The van der Waals surface area contributed by atoms with Crippen LogP contribution >= 0.6 is 11.8 Å². The summed E-state index contributed by atoms with van der Waals surface area (Å²) in [5.41, 5.74) is 7.96. The van der Waals surface area contributed by atoms with Crippen LogP contribution in [0.3, 0.4) is 0 Å². The van der Waals surface area contributed by atoms with Crippen LogP contribution in [-0.2, 0) is 20.6 Å². The Kier molecular flexibility index (Phi) is 5.97. The molecule has 1 aliphatic heterocycles. The average molecular weight is 347 g/mol. The summed E-state index contributed by atoms with van der Waals surface area (Å²) >= 11 is 1.26. The van der Waals surface area contributed by atoms with Crippen molar-refractivity contribution < 1.29 is 14.1 Å². The van der Waals surface area contributed by atoms with Crippen molar-refractivity contribution in [3.63, 3.8) is 0 Å². The summed E-state index contributed by atoms with van der Waals surface area (Å²) in [6.07, 6.45) is 2.04. The van der Waals surface area contributed by atoms with Crippen LogP contribution in [0.5, 0.6) is 0 Å². The van der Waals surface area contributed by atoms with Crippen molar-refractivity contribution in [2.24, 2.45) is 5.73 Å². The summed E-state index contributed by atoms with van der Waals surface area (Å²) in [6.45, 7) is 10.2. The van der Waals surface area contributed by atoms with Gasteiger partial charge in [0, 0.05) is 19.2 Å². The molecule has 0 atom stereocenters. The third-order valence-electron chi connectivity index (χ3n) is 4.54. The van der Waals surface area contributed by atoms with Crippen molar-refractivity contribution in [3.8, 4) is 0 Å². The molecule has 24 heavy (non-hydrogen) atoms. The van der Waals surface area contributed by atoms with Crippen LogP contribution < -0.4 is 5.73 Å². The molecule has 4 nitrogen and oxygen atoms in total. The van der Waals surface area contributed by atoms with E-state index in [1.165, 1.54) is 11.8 Å². The maximum absolute atomic E-state index is 11.4. The van der Waals surface area contributed by atoms with E-state index in [4.69, 9.17) is 15.0 Å². The maximum Gasteiger partial charge on any atom is 0.491 e. The predicted molar refractivity (Wildman–Crippen MR) is 102 cm³/mol. The van der Waals surface area contributed by atoms with E-state index >= 15 is 0 Å². The van der Waals surface area contributed by atoms with E-state index < -0.39 is 18.3 Å². The molecule has 1 aromatic rings. The van der Waals surface area contributed by atoms with Gasteiger partial charge >= 0.3 is 7.12 Å². The Morgan fingerprint density at radius 3 is 2.42 bits per heavy atom. The van der Waals surface area contributed by atoms with Crippen LogP contribution in [0.15, 0.2) is 29.7 Å². The van der Waals surface area contributed by atoms with E-state index in [9.17, 15) is 4.79 Å². The average Bonchev–Trinajstić information content (AvgIpc) is 2.71. The molecule has 1 heterocycles. The lowest BCUT2D eigenvalue weighted by Crippen LogP contribution is -2.41. The molecule has 0 radical (unpaired) electrons. The minimum atomic E-state index is -0.455. The first-order valence-corrected chi connectivity index (χ1v) is 9.11. The fourth-order valence-corrected chi connectivity index (χ4v) is 2.97. The smallest absolute Gasteiger partial charge is 0.400 e. The van der Waals surface area contributed by atoms with Crippen molar-refractivity contribution in [3.05, 3.63) is 40.9 Å². The van der Waals surface area contributed by atoms with Crippen molar-refractivity contribution in [1.29, 1.82) is 0 Å². The highest BCUT2D eigenvalue weighted by molar-refractivity contribution is 8.13. The lowest BCUT2D eigenvalue weighted by molar-refractivity contribution is -0.109. The quantitative estimate of drug-likeness (QED) is 0.827. The Morgan fingerprint density at radius 1 is 1.25 bits per heavy atom. The molecule has 2 N–H and O–H groups in total. The second-order valence-electron chi connectivity index (χ2n) is 7.04. The minimum Gasteiger partial charge on any atom is -0.400 e. The minimum absolute atomic E-state index is 0.0770. The van der Waals surface area contributed by atoms with Gasteiger partial charge in [-0.05, 0) is 44.3 Å². The van der Waals surface area contributed by atoms with E-state index in [-0.39, 0.29) is 5.12 Å². The second-order valence-corrected chi connectivity index (χ2v) is 8.19. The Balaban J connectivity index is 2.31. The predicted octanol–water partition coefficient (Wildman–Crippen LogP) is 3.44. The molecular formula is C18H26BNO3S. The van der Waals surface area contributed by atoms with Crippen LogP contribution in [0.25, 0.3) is 6.08 Å². The summed E-state index contributed by atoms with van der Waals surface area (Å²) < 4.78 is 12.3. The van der Waals surface area contributed by atoms with Crippen molar-refractivity contribution >= 4 is 30.1 Å². The van der Waals surface area contributed by atoms with Gasteiger partial charge in [-0.1, -0.05) is 42.1 Å². The fourth-order valence-electron chi connectivity index (χ4n) is 2.38. The third kappa shape index (κ3) is 4.51. The highest BCUT2D eigenvalue weighted by Crippen LogP contribution is 2.39. The van der Waals surface area contributed by atoms with E-state index in [2.05, 4.69) is 0 Å². The van der Waals surface area contributed by atoms with E-state index in [0.717, 1.165) is 16.6 Å². The van der Waals surface area contributed by atoms with Crippen molar-refractivity contribution in [2.45, 2.75) is 52.4 Å². The molecule has 6 heteroatoms. The molecule has 0 bridgehead atoms. The Labute approximate surface area is 149 Å². The monoisotopic (exact) mass is 347 g/mol. The van der Waals surface area contributed by atoms with Crippen LogP contribution in [0.4, 0.5) is 0 Å². The van der Waals surface area contributed by atoms with E-state index in [0.29, 0.717) is 12.3 Å². The topological polar surface area (TPSA) is 61.6 Å². The Morgan fingerprint density at radius 2 is 1.88 bits per heavy atom. The second kappa shape index (κ2) is 7.44. The van der Waals surface area contributed by atoms with Gasteiger partial charge in [-0.25, -0.2) is 0 Å². The SMILES string of the molecule is CC(=O)SCC(=Cc1cccc(CN)c1)B1OC(C)(C)C(C)(C)O1. The van der Waals surface area contributed by atoms with Gasteiger partial charge in [-0.15, -0.1) is 0 Å². The standard InChI is InChI=1S/C18H26BNO3S/c1-13(21)24-12-16(10-14-7-6-8-15(9-14)11-20)19-22-17(2,3)18(4,5)23-19/h6-10H,11-12,20H2,1-5H3. The number of thioether (sulfide) groups is 1. The molecule has 0 saturated carbocycles. The molecule has 130 valence electrons. The van der Waals surface area contributed by atoms with E-state index in [1.807, 2.05) is 58.0 Å². The zero-order chi connectivity index (χ0) is 18.0. The number of carbonyl (C=O) groups excluding carboxylic acids is 1. The number of nitrogens with two attached hydrogens (primary N) is 1. The molecule has 1 fully saturated rings. The van der Waals surface area contributed by atoms with Crippen LogP contribution in [0.2, 0.25) is 0 Å². The number of carbonyl (C=O) groups is 1. The van der Waals surface area contributed by atoms with Gasteiger partial charge in [0.2, 0.25) is 0 Å². The lowest BCUT2D eigenvalue weighted by atomic mass is 9.78. The van der Waals surface area contributed by atoms with Gasteiger partial charge in [0.1, 0.15) is 0 Å². The van der Waals surface area contributed by atoms with Crippen molar-refractivity contribution in [1.82, 2.24) is 0 Å². The number of hydrogen-bond acceptors (Lipinski definition) is 5. The number of benzene rings is 1. The Bertz CT molecular complexity index is 627. The lowest BCUT2D eigenvalue weighted by Gasteiger charge is -2.32. The van der Waals surface area contributed by atoms with Gasteiger partial charge in [0.25, 0.3) is 0 Å². The molecule has 1 saturated heterocycles. The molecule has 1 aliphatic rings. The molecule has 0 aliphatic carbocycles. The van der Waals surface area contributed by atoms with Gasteiger partial charge in [-0.3, -0.25) is 4.79 Å². The number of rotatable bonds is 5. The Hall–Kier alpha value is -1.08. The largest absolute Gasteiger partial charge is 0.491 e. The van der Waals surface area contributed by atoms with Gasteiger partial charge < -0.3 is 15.0 Å². The molecule has 0 aromatic heterocycles. The summed E-state index contributed by atoms with van der Waals surface area (Å²) in [5.74, 6) is 0.541. The zero-order valence-electron chi connectivity index (χ0n) is 15.1. The highest BCUT2D eigenvalue weighted by Gasteiger charge is 2.52. The van der Waals surface area contributed by atoms with Crippen LogP contribution in [-0.4, -0.2) is 29.2 Å². The third-order valence-corrected chi connectivity index (χ3v) is 5.42. The summed E-state index contributed by atoms with van der Waals surface area (Å²) in [7, 11) is -0.455. The van der Waals surface area contributed by atoms with E-state index in [1.54, 1.807) is 6.92 Å². The molecule has 1 aromatic carbocycles. The van der Waals surface area contributed by atoms with Gasteiger partial charge in [-0.2, -0.15) is 0 Å². The van der Waals surface area contributed by atoms with Gasteiger partial charge in [0.15, 0.2) is 5.12 Å². The van der Waals surface area contributed by atoms with Crippen LogP contribution in [0, 0.1) is 0 Å².